The van der Waals surface area contributed by atoms with Crippen LogP contribution in [0.1, 0.15) is 16.1 Å². The van der Waals surface area contributed by atoms with Gasteiger partial charge in [-0.1, -0.05) is 36.4 Å². The molecule has 6 nitrogen and oxygen atoms in total. The summed E-state index contributed by atoms with van der Waals surface area (Å²) in [6, 6.07) is 19.8. The monoisotopic (exact) mass is 427 g/mol. The Morgan fingerprint density at radius 2 is 1.88 bits per heavy atom. The highest BCUT2D eigenvalue weighted by Crippen LogP contribution is 2.29. The van der Waals surface area contributed by atoms with Crippen molar-refractivity contribution in [1.29, 1.82) is 0 Å². The molecule has 1 aliphatic heterocycles. The maximum Gasteiger partial charge on any atom is 0.254 e. The minimum absolute atomic E-state index is 0.0121. The first-order valence-corrected chi connectivity index (χ1v) is 10.7. The van der Waals surface area contributed by atoms with Gasteiger partial charge in [-0.3, -0.25) is 4.79 Å². The number of methoxy groups -OCH3 is 1. The fraction of sp³-hybridized carbons (Fsp3) is 0.231. The van der Waals surface area contributed by atoms with Gasteiger partial charge in [-0.15, -0.1) is 0 Å². The first kappa shape index (κ1) is 20.1. The molecule has 0 N–H and O–H groups in total. The Balaban J connectivity index is 1.21. The Hall–Kier alpha value is -3.80. The summed E-state index contributed by atoms with van der Waals surface area (Å²) in [5.74, 6) is 1.87. The van der Waals surface area contributed by atoms with E-state index in [-0.39, 0.29) is 5.91 Å². The fourth-order valence-electron chi connectivity index (χ4n) is 4.13. The van der Waals surface area contributed by atoms with Gasteiger partial charge in [-0.25, -0.2) is 4.98 Å². The second kappa shape index (κ2) is 8.38. The standard InChI is InChI=1S/C26H25N3O3/c1-18-13-29(17-27-18)23-11-10-21(12-25(23)31-2)26(30)28-14-19(15-28)16-32-24-9-5-7-20-6-3-4-8-22(20)24/h3-13,17,19H,14-16H2,1-2H3. The van der Waals surface area contributed by atoms with E-state index in [0.29, 0.717) is 36.9 Å². The molecular formula is C26H25N3O3. The van der Waals surface area contributed by atoms with Crippen LogP contribution in [0.15, 0.2) is 73.2 Å². The molecule has 1 amide bonds. The van der Waals surface area contributed by atoms with Crippen LogP contribution in [0.2, 0.25) is 0 Å². The molecule has 0 bridgehead atoms. The SMILES string of the molecule is COc1cc(C(=O)N2CC(COc3cccc4ccccc34)C2)ccc1-n1cnc(C)c1. The third-order valence-corrected chi connectivity index (χ3v) is 5.89. The van der Waals surface area contributed by atoms with E-state index in [1.54, 1.807) is 19.5 Å². The van der Waals surface area contributed by atoms with E-state index in [2.05, 4.69) is 23.2 Å². The van der Waals surface area contributed by atoms with Gasteiger partial charge in [0, 0.05) is 36.2 Å². The molecule has 1 saturated heterocycles. The number of amides is 1. The number of imidazole rings is 1. The quantitative estimate of drug-likeness (QED) is 0.455. The van der Waals surface area contributed by atoms with Crippen molar-refractivity contribution in [2.45, 2.75) is 6.92 Å². The summed E-state index contributed by atoms with van der Waals surface area (Å²) in [4.78, 5) is 19.1. The number of ether oxygens (including phenoxy) is 2. The van der Waals surface area contributed by atoms with Crippen molar-refractivity contribution in [3.05, 3.63) is 84.4 Å². The molecule has 5 rings (SSSR count). The highest BCUT2D eigenvalue weighted by Gasteiger charge is 2.32. The van der Waals surface area contributed by atoms with Gasteiger partial charge in [0.05, 0.1) is 31.4 Å². The smallest absolute Gasteiger partial charge is 0.254 e. The maximum atomic E-state index is 13.0. The van der Waals surface area contributed by atoms with Crippen LogP contribution < -0.4 is 9.47 Å². The first-order valence-electron chi connectivity index (χ1n) is 10.7. The predicted molar refractivity (Wildman–Crippen MR) is 124 cm³/mol. The van der Waals surface area contributed by atoms with Gasteiger partial charge in [0.15, 0.2) is 0 Å². The number of nitrogens with zero attached hydrogens (tertiary/aromatic N) is 3. The molecule has 0 atom stereocenters. The molecule has 0 aliphatic carbocycles. The molecular weight excluding hydrogens is 402 g/mol. The molecule has 4 aromatic rings. The highest BCUT2D eigenvalue weighted by molar-refractivity contribution is 5.95. The molecule has 0 spiro atoms. The zero-order valence-corrected chi connectivity index (χ0v) is 18.2. The summed E-state index contributed by atoms with van der Waals surface area (Å²) in [7, 11) is 1.61. The van der Waals surface area contributed by atoms with Gasteiger partial charge in [-0.2, -0.15) is 0 Å². The van der Waals surface area contributed by atoms with E-state index in [4.69, 9.17) is 9.47 Å². The van der Waals surface area contributed by atoms with Crippen LogP contribution in [0.25, 0.3) is 16.5 Å². The second-order valence-electron chi connectivity index (χ2n) is 8.17. The van der Waals surface area contributed by atoms with Gasteiger partial charge in [-0.05, 0) is 36.6 Å². The molecule has 162 valence electrons. The van der Waals surface area contributed by atoms with E-state index in [1.165, 1.54) is 5.39 Å². The number of hydrogen-bond acceptors (Lipinski definition) is 4. The van der Waals surface area contributed by atoms with E-state index in [0.717, 1.165) is 22.5 Å². The average Bonchev–Trinajstić information content (AvgIpc) is 3.23. The zero-order chi connectivity index (χ0) is 22.1. The van der Waals surface area contributed by atoms with Gasteiger partial charge in [0.1, 0.15) is 11.5 Å². The minimum atomic E-state index is 0.0121. The van der Waals surface area contributed by atoms with E-state index in [1.807, 2.05) is 59.0 Å². The number of carbonyl (C=O) groups is 1. The topological polar surface area (TPSA) is 56.6 Å². The van der Waals surface area contributed by atoms with Crippen LogP contribution in [0, 0.1) is 12.8 Å². The van der Waals surface area contributed by atoms with Crippen molar-refractivity contribution in [3.63, 3.8) is 0 Å². The Morgan fingerprint density at radius 1 is 1.06 bits per heavy atom. The summed E-state index contributed by atoms with van der Waals surface area (Å²) < 4.78 is 13.5. The van der Waals surface area contributed by atoms with Crippen LogP contribution in [-0.2, 0) is 0 Å². The summed E-state index contributed by atoms with van der Waals surface area (Å²) in [5.41, 5.74) is 2.40. The van der Waals surface area contributed by atoms with Crippen molar-refractivity contribution < 1.29 is 14.3 Å². The van der Waals surface area contributed by atoms with Gasteiger partial charge >= 0.3 is 0 Å². The normalized spacial score (nSPS) is 13.8. The number of likely N-dealkylation sites (tertiary alicyclic amines) is 1. The molecule has 1 aliphatic rings. The number of aromatic nitrogens is 2. The predicted octanol–water partition coefficient (Wildman–Crippen LogP) is 4.49. The van der Waals surface area contributed by atoms with Crippen LogP contribution >= 0.6 is 0 Å². The van der Waals surface area contributed by atoms with Crippen LogP contribution in [-0.4, -0.2) is 47.2 Å². The number of benzene rings is 3. The lowest BCUT2D eigenvalue weighted by Crippen LogP contribution is -2.52. The van der Waals surface area contributed by atoms with Crippen molar-refractivity contribution in [3.8, 4) is 17.2 Å². The third-order valence-electron chi connectivity index (χ3n) is 5.89. The van der Waals surface area contributed by atoms with E-state index in [9.17, 15) is 4.79 Å². The number of fused-ring (bicyclic) bond motifs is 1. The van der Waals surface area contributed by atoms with Crippen molar-refractivity contribution in [1.82, 2.24) is 14.5 Å². The number of carbonyl (C=O) groups excluding carboxylic acids is 1. The number of rotatable bonds is 6. The lowest BCUT2D eigenvalue weighted by Gasteiger charge is -2.39. The van der Waals surface area contributed by atoms with Gasteiger partial charge < -0.3 is 18.9 Å². The second-order valence-corrected chi connectivity index (χ2v) is 8.17. The van der Waals surface area contributed by atoms with Crippen molar-refractivity contribution >= 4 is 16.7 Å². The summed E-state index contributed by atoms with van der Waals surface area (Å²) in [6.45, 7) is 3.91. The lowest BCUT2D eigenvalue weighted by molar-refractivity contribution is 0.0394. The van der Waals surface area contributed by atoms with Crippen LogP contribution in [0.5, 0.6) is 11.5 Å². The molecule has 32 heavy (non-hydrogen) atoms. The third kappa shape index (κ3) is 3.80. The molecule has 1 fully saturated rings. The summed E-state index contributed by atoms with van der Waals surface area (Å²) in [6.07, 6.45) is 3.67. The van der Waals surface area contributed by atoms with Gasteiger partial charge in [0.2, 0.25) is 0 Å². The molecule has 3 aromatic carbocycles. The number of hydrogen-bond donors (Lipinski definition) is 0. The molecule has 0 saturated carbocycles. The average molecular weight is 428 g/mol. The van der Waals surface area contributed by atoms with E-state index >= 15 is 0 Å². The largest absolute Gasteiger partial charge is 0.495 e. The molecule has 1 aromatic heterocycles. The molecule has 0 unspecified atom stereocenters. The minimum Gasteiger partial charge on any atom is -0.495 e. The molecule has 6 heteroatoms. The zero-order valence-electron chi connectivity index (χ0n) is 18.2. The Labute approximate surface area is 187 Å². The van der Waals surface area contributed by atoms with Crippen LogP contribution in [0.4, 0.5) is 0 Å². The summed E-state index contributed by atoms with van der Waals surface area (Å²) in [5, 5.41) is 2.28. The first-order chi connectivity index (χ1) is 15.6. The van der Waals surface area contributed by atoms with E-state index < -0.39 is 0 Å². The van der Waals surface area contributed by atoms with Crippen LogP contribution in [0.3, 0.4) is 0 Å². The highest BCUT2D eigenvalue weighted by atomic mass is 16.5. The van der Waals surface area contributed by atoms with Gasteiger partial charge in [0.25, 0.3) is 5.91 Å². The Bertz CT molecular complexity index is 1270. The molecule has 2 heterocycles. The lowest BCUT2D eigenvalue weighted by atomic mass is 9.99. The Kier molecular flexibility index (Phi) is 5.27. The van der Waals surface area contributed by atoms with Crippen molar-refractivity contribution in [2.24, 2.45) is 5.92 Å². The summed E-state index contributed by atoms with van der Waals surface area (Å²) >= 11 is 0. The number of aryl methyl sites for hydroxylation is 1. The van der Waals surface area contributed by atoms with Crippen molar-refractivity contribution in [2.75, 3.05) is 26.8 Å². The fourth-order valence-corrected chi connectivity index (χ4v) is 4.13. The molecule has 0 radical (unpaired) electrons. The maximum absolute atomic E-state index is 13.0. The Morgan fingerprint density at radius 3 is 2.66 bits per heavy atom.